The average molecular weight is 373 g/mol. The second-order valence-corrected chi connectivity index (χ2v) is 7.43. The molecule has 2 unspecified atom stereocenters. The van der Waals surface area contributed by atoms with Crippen molar-refractivity contribution in [2.75, 3.05) is 52.9 Å². The second kappa shape index (κ2) is 12.3. The van der Waals surface area contributed by atoms with E-state index in [2.05, 4.69) is 0 Å². The summed E-state index contributed by atoms with van der Waals surface area (Å²) in [5, 5.41) is 0. The van der Waals surface area contributed by atoms with Crippen LogP contribution in [0.4, 0.5) is 0 Å². The number of rotatable bonds is 0. The fraction of sp³-hybridized carbons (Fsp3) is 1.00. The van der Waals surface area contributed by atoms with Crippen LogP contribution in [-0.2, 0) is 28.4 Å². The molecular formula is C20H36O6. The maximum absolute atomic E-state index is 6.03. The van der Waals surface area contributed by atoms with Crippen molar-refractivity contribution in [1.29, 1.82) is 0 Å². The van der Waals surface area contributed by atoms with Crippen molar-refractivity contribution in [2.45, 2.75) is 75.8 Å². The molecule has 2 aliphatic carbocycles. The molecule has 6 nitrogen and oxygen atoms in total. The van der Waals surface area contributed by atoms with Crippen LogP contribution in [0.5, 0.6) is 0 Å². The third kappa shape index (κ3) is 7.06. The Morgan fingerprint density at radius 3 is 0.885 bits per heavy atom. The normalized spacial score (nSPS) is 36.9. The van der Waals surface area contributed by atoms with Crippen molar-refractivity contribution < 1.29 is 28.4 Å². The van der Waals surface area contributed by atoms with Crippen LogP contribution in [-0.4, -0.2) is 77.3 Å². The zero-order chi connectivity index (χ0) is 17.9. The first-order chi connectivity index (χ1) is 12.9. The van der Waals surface area contributed by atoms with E-state index in [1.54, 1.807) is 0 Å². The molecule has 3 rings (SSSR count). The van der Waals surface area contributed by atoms with Crippen molar-refractivity contribution in [3.05, 3.63) is 0 Å². The number of ether oxygens (including phenoxy) is 6. The third-order valence-corrected chi connectivity index (χ3v) is 5.52. The van der Waals surface area contributed by atoms with Crippen LogP contribution in [0.3, 0.4) is 0 Å². The molecule has 26 heavy (non-hydrogen) atoms. The molecule has 0 aromatic heterocycles. The minimum atomic E-state index is 0.189. The highest BCUT2D eigenvalue weighted by Crippen LogP contribution is 2.25. The Labute approximate surface area is 157 Å². The lowest BCUT2D eigenvalue weighted by Gasteiger charge is -2.32. The summed E-state index contributed by atoms with van der Waals surface area (Å²) in [4.78, 5) is 0. The molecule has 3 aliphatic rings. The molecule has 0 N–H and O–H groups in total. The van der Waals surface area contributed by atoms with Gasteiger partial charge in [0.1, 0.15) is 0 Å². The monoisotopic (exact) mass is 372 g/mol. The van der Waals surface area contributed by atoms with Gasteiger partial charge < -0.3 is 28.4 Å². The molecule has 6 heteroatoms. The third-order valence-electron chi connectivity index (χ3n) is 5.52. The van der Waals surface area contributed by atoms with E-state index < -0.39 is 0 Å². The first kappa shape index (κ1) is 20.5. The Kier molecular flexibility index (Phi) is 9.67. The fourth-order valence-electron chi connectivity index (χ4n) is 4.13. The van der Waals surface area contributed by atoms with E-state index in [0.717, 1.165) is 25.7 Å². The van der Waals surface area contributed by atoms with Crippen LogP contribution in [0, 0.1) is 0 Å². The van der Waals surface area contributed by atoms with Crippen LogP contribution in [0.15, 0.2) is 0 Å². The van der Waals surface area contributed by atoms with Gasteiger partial charge in [0.15, 0.2) is 0 Å². The molecule has 3 fully saturated rings. The maximum Gasteiger partial charge on any atom is 0.0837 e. The van der Waals surface area contributed by atoms with Crippen molar-refractivity contribution in [1.82, 2.24) is 0 Å². The molecule has 1 aliphatic heterocycles. The Balaban J connectivity index is 1.44. The van der Waals surface area contributed by atoms with E-state index in [1.165, 1.54) is 25.7 Å². The Bertz CT molecular complexity index is 300. The summed E-state index contributed by atoms with van der Waals surface area (Å²) in [6.45, 7) is 4.93. The lowest BCUT2D eigenvalue weighted by atomic mass is 9.94. The zero-order valence-electron chi connectivity index (χ0n) is 16.1. The van der Waals surface area contributed by atoms with E-state index >= 15 is 0 Å². The summed E-state index contributed by atoms with van der Waals surface area (Å²) < 4.78 is 35.5. The first-order valence-electron chi connectivity index (χ1n) is 10.6. The Morgan fingerprint density at radius 2 is 0.615 bits per heavy atom. The Hall–Kier alpha value is -0.240. The zero-order valence-corrected chi connectivity index (χ0v) is 16.1. The van der Waals surface area contributed by atoms with Crippen LogP contribution in [0.1, 0.15) is 51.4 Å². The summed E-state index contributed by atoms with van der Waals surface area (Å²) in [5.41, 5.74) is 0. The van der Waals surface area contributed by atoms with Crippen molar-refractivity contribution in [2.24, 2.45) is 0 Å². The Morgan fingerprint density at radius 1 is 0.346 bits per heavy atom. The van der Waals surface area contributed by atoms with Crippen molar-refractivity contribution in [3.8, 4) is 0 Å². The number of fused-ring (bicyclic) bond motifs is 2. The molecule has 2 saturated carbocycles. The molecule has 1 heterocycles. The molecular weight excluding hydrogens is 336 g/mol. The highest BCUT2D eigenvalue weighted by molar-refractivity contribution is 4.77. The highest BCUT2D eigenvalue weighted by Gasteiger charge is 2.27. The molecule has 0 bridgehead atoms. The van der Waals surface area contributed by atoms with Crippen LogP contribution in [0.25, 0.3) is 0 Å². The summed E-state index contributed by atoms with van der Waals surface area (Å²) in [6, 6.07) is 0. The molecule has 152 valence electrons. The smallest absolute Gasteiger partial charge is 0.0837 e. The number of hydrogen-bond acceptors (Lipinski definition) is 6. The largest absolute Gasteiger partial charge is 0.377 e. The standard InChI is InChI=1S/C20H36O6/c1-2-6-18-17(5-1)23-13-9-21-11-15-25-19-7-3-4-8-20(19)26-16-12-22-10-14-24-18/h17-20H,1-16H2/t17-,18+,19?,20?. The van der Waals surface area contributed by atoms with Crippen LogP contribution in [0.2, 0.25) is 0 Å². The molecule has 1 saturated heterocycles. The summed E-state index contributed by atoms with van der Waals surface area (Å²) >= 11 is 0. The quantitative estimate of drug-likeness (QED) is 0.652. The topological polar surface area (TPSA) is 55.4 Å². The lowest BCUT2D eigenvalue weighted by molar-refractivity contribution is -0.129. The van der Waals surface area contributed by atoms with Gasteiger partial charge in [0.05, 0.1) is 77.3 Å². The lowest BCUT2D eigenvalue weighted by Crippen LogP contribution is -2.37. The molecule has 0 amide bonds. The molecule has 4 atom stereocenters. The second-order valence-electron chi connectivity index (χ2n) is 7.43. The minimum absolute atomic E-state index is 0.189. The van der Waals surface area contributed by atoms with Crippen molar-refractivity contribution >= 4 is 0 Å². The van der Waals surface area contributed by atoms with Gasteiger partial charge in [-0.25, -0.2) is 0 Å². The fourth-order valence-corrected chi connectivity index (χ4v) is 4.13. The summed E-state index contributed by atoms with van der Waals surface area (Å²) in [5.74, 6) is 0. The highest BCUT2D eigenvalue weighted by atomic mass is 16.6. The maximum atomic E-state index is 6.03. The van der Waals surface area contributed by atoms with E-state index in [9.17, 15) is 0 Å². The minimum Gasteiger partial charge on any atom is -0.377 e. The molecule has 0 spiro atoms. The molecule has 0 aromatic rings. The van der Waals surface area contributed by atoms with Gasteiger partial charge in [-0.15, -0.1) is 0 Å². The molecule has 0 radical (unpaired) electrons. The van der Waals surface area contributed by atoms with Gasteiger partial charge in [0, 0.05) is 0 Å². The molecule has 0 aromatic carbocycles. The van der Waals surface area contributed by atoms with Crippen LogP contribution < -0.4 is 0 Å². The van der Waals surface area contributed by atoms with Gasteiger partial charge in [-0.3, -0.25) is 0 Å². The SMILES string of the molecule is C1CCC2OCCOCCO[C@@H]3CCCC[C@@H]3OCCOCCOC2C1. The predicted octanol–water partition coefficient (Wildman–Crippen LogP) is 2.72. The van der Waals surface area contributed by atoms with E-state index in [0.29, 0.717) is 52.9 Å². The van der Waals surface area contributed by atoms with Gasteiger partial charge >= 0.3 is 0 Å². The van der Waals surface area contributed by atoms with Gasteiger partial charge in [0.25, 0.3) is 0 Å². The average Bonchev–Trinajstić information content (AvgIpc) is 2.68. The summed E-state index contributed by atoms with van der Waals surface area (Å²) in [7, 11) is 0. The summed E-state index contributed by atoms with van der Waals surface area (Å²) in [6.07, 6.45) is 9.93. The van der Waals surface area contributed by atoms with E-state index in [1.807, 2.05) is 0 Å². The van der Waals surface area contributed by atoms with Gasteiger partial charge in [-0.1, -0.05) is 25.7 Å². The van der Waals surface area contributed by atoms with Crippen LogP contribution >= 0.6 is 0 Å². The number of hydrogen-bond donors (Lipinski definition) is 0. The van der Waals surface area contributed by atoms with Gasteiger partial charge in [0.2, 0.25) is 0 Å². The predicted molar refractivity (Wildman–Crippen MR) is 97.5 cm³/mol. The first-order valence-corrected chi connectivity index (χ1v) is 10.6. The van der Waals surface area contributed by atoms with Crippen molar-refractivity contribution in [3.63, 3.8) is 0 Å². The van der Waals surface area contributed by atoms with E-state index in [4.69, 9.17) is 28.4 Å². The van der Waals surface area contributed by atoms with Gasteiger partial charge in [-0.2, -0.15) is 0 Å². The van der Waals surface area contributed by atoms with Gasteiger partial charge in [-0.05, 0) is 25.7 Å². The van der Waals surface area contributed by atoms with E-state index in [-0.39, 0.29) is 24.4 Å².